The van der Waals surface area contributed by atoms with Crippen molar-refractivity contribution in [2.75, 3.05) is 11.9 Å². The van der Waals surface area contributed by atoms with E-state index in [1.54, 1.807) is 17.4 Å². The van der Waals surface area contributed by atoms with Crippen LogP contribution in [0.4, 0.5) is 10.1 Å². The van der Waals surface area contributed by atoms with Crippen LogP contribution in [0, 0.1) is 5.82 Å². The van der Waals surface area contributed by atoms with Crippen LogP contribution in [-0.2, 0) is 4.79 Å². The van der Waals surface area contributed by atoms with Crippen LogP contribution < -0.4 is 10.1 Å². The van der Waals surface area contributed by atoms with E-state index >= 15 is 0 Å². The van der Waals surface area contributed by atoms with Crippen molar-refractivity contribution in [3.8, 4) is 16.9 Å². The molecule has 3 nitrogen and oxygen atoms in total. The minimum Gasteiger partial charge on any atom is -0.494 e. The first-order valence-corrected chi connectivity index (χ1v) is 9.44. The van der Waals surface area contributed by atoms with Crippen molar-refractivity contribution in [1.29, 1.82) is 0 Å². The van der Waals surface area contributed by atoms with Gasteiger partial charge in [0.05, 0.1) is 12.3 Å². The highest BCUT2D eigenvalue weighted by Gasteiger charge is 2.32. The summed E-state index contributed by atoms with van der Waals surface area (Å²) in [6.07, 6.45) is 0.375. The van der Waals surface area contributed by atoms with Crippen molar-refractivity contribution in [3.63, 3.8) is 0 Å². The Morgan fingerprint density at radius 1 is 1.23 bits per heavy atom. The van der Waals surface area contributed by atoms with Crippen molar-refractivity contribution in [1.82, 2.24) is 0 Å². The molecule has 0 radical (unpaired) electrons. The molecule has 26 heavy (non-hydrogen) atoms. The number of rotatable bonds is 4. The number of ether oxygens (including phenoxy) is 1. The third kappa shape index (κ3) is 2.99. The van der Waals surface area contributed by atoms with Gasteiger partial charge in [-0.1, -0.05) is 30.3 Å². The third-order valence-electron chi connectivity index (χ3n) is 4.52. The number of carbonyl (C=O) groups is 1. The summed E-state index contributed by atoms with van der Waals surface area (Å²) in [5.41, 5.74) is 3.42. The zero-order valence-electron chi connectivity index (χ0n) is 14.3. The Morgan fingerprint density at radius 3 is 2.88 bits per heavy atom. The van der Waals surface area contributed by atoms with E-state index in [1.807, 2.05) is 42.6 Å². The molecule has 1 atom stereocenters. The summed E-state index contributed by atoms with van der Waals surface area (Å²) in [5.74, 6) is 0.419. The summed E-state index contributed by atoms with van der Waals surface area (Å²) in [6.45, 7) is 2.52. The molecule has 1 amide bonds. The number of anilines is 1. The quantitative estimate of drug-likeness (QED) is 0.668. The van der Waals surface area contributed by atoms with Gasteiger partial charge in [-0.15, -0.1) is 11.3 Å². The standard InChI is InChI=1S/C21H18FNO2S/c1-2-25-18-9-4-3-8-15(18)16-11-19(24)23-20-17(12-26-21(16)20)13-6-5-7-14(22)10-13/h3-10,12,16H,2,11H2,1H3,(H,23,24)/t16-/m0/s1. The van der Waals surface area contributed by atoms with Gasteiger partial charge in [0.25, 0.3) is 0 Å². The van der Waals surface area contributed by atoms with E-state index in [0.29, 0.717) is 13.0 Å². The number of fused-ring (bicyclic) bond motifs is 1. The van der Waals surface area contributed by atoms with Crippen LogP contribution in [0.15, 0.2) is 53.9 Å². The van der Waals surface area contributed by atoms with Gasteiger partial charge in [0, 0.05) is 33.7 Å². The van der Waals surface area contributed by atoms with E-state index in [0.717, 1.165) is 33.0 Å². The number of amides is 1. The number of hydrogen-bond acceptors (Lipinski definition) is 3. The molecule has 0 fully saturated rings. The second kappa shape index (κ2) is 6.92. The van der Waals surface area contributed by atoms with Gasteiger partial charge in [-0.3, -0.25) is 4.79 Å². The first-order valence-electron chi connectivity index (χ1n) is 8.56. The Morgan fingerprint density at radius 2 is 2.08 bits per heavy atom. The summed E-state index contributed by atoms with van der Waals surface area (Å²) < 4.78 is 19.4. The molecule has 0 saturated carbocycles. The molecule has 0 saturated heterocycles. The number of thiophene rings is 1. The number of benzene rings is 2. The molecule has 1 N–H and O–H groups in total. The molecule has 0 aliphatic carbocycles. The molecule has 3 aromatic rings. The van der Waals surface area contributed by atoms with Crippen molar-refractivity contribution < 1.29 is 13.9 Å². The molecule has 1 aliphatic rings. The number of halogens is 1. The highest BCUT2D eigenvalue weighted by molar-refractivity contribution is 7.11. The third-order valence-corrected chi connectivity index (χ3v) is 5.62. The molecule has 0 unspecified atom stereocenters. The normalized spacial score (nSPS) is 16.1. The maximum Gasteiger partial charge on any atom is 0.225 e. The van der Waals surface area contributed by atoms with Crippen molar-refractivity contribution in [3.05, 3.63) is 70.2 Å². The zero-order valence-corrected chi connectivity index (χ0v) is 15.1. The fraction of sp³-hybridized carbons (Fsp3) is 0.190. The van der Waals surface area contributed by atoms with Gasteiger partial charge in [-0.2, -0.15) is 0 Å². The van der Waals surface area contributed by atoms with Gasteiger partial charge in [-0.25, -0.2) is 4.39 Å². The minimum absolute atomic E-state index is 0.0372. The monoisotopic (exact) mass is 367 g/mol. The Kier molecular flexibility index (Phi) is 4.47. The highest BCUT2D eigenvalue weighted by atomic mass is 32.1. The number of para-hydroxylation sites is 1. The van der Waals surface area contributed by atoms with Crippen LogP contribution in [0.25, 0.3) is 11.1 Å². The van der Waals surface area contributed by atoms with Crippen LogP contribution in [-0.4, -0.2) is 12.5 Å². The average molecular weight is 367 g/mol. The average Bonchev–Trinajstić information content (AvgIpc) is 3.05. The van der Waals surface area contributed by atoms with E-state index in [9.17, 15) is 9.18 Å². The summed E-state index contributed by atoms with van der Waals surface area (Å²) >= 11 is 1.59. The molecular weight excluding hydrogens is 349 g/mol. The minimum atomic E-state index is -0.289. The molecule has 1 aliphatic heterocycles. The summed E-state index contributed by atoms with van der Waals surface area (Å²) in [5, 5.41) is 4.97. The van der Waals surface area contributed by atoms with Crippen LogP contribution in [0.2, 0.25) is 0 Å². The van der Waals surface area contributed by atoms with Crippen LogP contribution in [0.3, 0.4) is 0 Å². The van der Waals surface area contributed by atoms with E-state index < -0.39 is 0 Å². The number of nitrogens with one attached hydrogen (secondary N) is 1. The lowest BCUT2D eigenvalue weighted by Crippen LogP contribution is -2.22. The Labute approximate surface area is 155 Å². The molecule has 4 rings (SSSR count). The lowest BCUT2D eigenvalue weighted by Gasteiger charge is -2.25. The summed E-state index contributed by atoms with van der Waals surface area (Å²) in [6, 6.07) is 14.3. The molecule has 132 valence electrons. The second-order valence-corrected chi connectivity index (χ2v) is 7.09. The predicted molar refractivity (Wildman–Crippen MR) is 102 cm³/mol. The Hall–Kier alpha value is -2.66. The van der Waals surface area contributed by atoms with Gasteiger partial charge in [0.1, 0.15) is 11.6 Å². The van der Waals surface area contributed by atoms with Gasteiger partial charge >= 0.3 is 0 Å². The number of carbonyl (C=O) groups excluding carboxylic acids is 1. The maximum absolute atomic E-state index is 13.6. The van der Waals surface area contributed by atoms with Crippen LogP contribution >= 0.6 is 11.3 Å². The SMILES string of the molecule is CCOc1ccccc1[C@@H]1CC(=O)Nc2c(-c3cccc(F)c3)csc21. The molecule has 5 heteroatoms. The fourth-order valence-electron chi connectivity index (χ4n) is 3.40. The first kappa shape index (κ1) is 16.8. The van der Waals surface area contributed by atoms with E-state index in [2.05, 4.69) is 5.32 Å². The molecule has 1 aromatic heterocycles. The molecular formula is C21H18FNO2S. The van der Waals surface area contributed by atoms with E-state index in [4.69, 9.17) is 4.74 Å². The highest BCUT2D eigenvalue weighted by Crippen LogP contribution is 2.48. The predicted octanol–water partition coefficient (Wildman–Crippen LogP) is 5.43. The Balaban J connectivity index is 1.82. The largest absolute Gasteiger partial charge is 0.494 e. The van der Waals surface area contributed by atoms with Crippen LogP contribution in [0.1, 0.15) is 29.7 Å². The van der Waals surface area contributed by atoms with Gasteiger partial charge in [0.2, 0.25) is 5.91 Å². The second-order valence-electron chi connectivity index (χ2n) is 6.17. The topological polar surface area (TPSA) is 38.3 Å². The van der Waals surface area contributed by atoms with Gasteiger partial charge < -0.3 is 10.1 Å². The molecule has 0 spiro atoms. The fourth-order valence-corrected chi connectivity index (χ4v) is 4.55. The summed E-state index contributed by atoms with van der Waals surface area (Å²) in [4.78, 5) is 13.5. The zero-order chi connectivity index (χ0) is 18.1. The number of hydrogen-bond donors (Lipinski definition) is 1. The van der Waals surface area contributed by atoms with E-state index in [1.165, 1.54) is 12.1 Å². The van der Waals surface area contributed by atoms with Crippen LogP contribution in [0.5, 0.6) is 5.75 Å². The van der Waals surface area contributed by atoms with E-state index in [-0.39, 0.29) is 17.6 Å². The van der Waals surface area contributed by atoms with Gasteiger partial charge in [0.15, 0.2) is 0 Å². The van der Waals surface area contributed by atoms with Crippen molar-refractivity contribution in [2.45, 2.75) is 19.3 Å². The lowest BCUT2D eigenvalue weighted by molar-refractivity contribution is -0.116. The maximum atomic E-state index is 13.6. The first-order chi connectivity index (χ1) is 12.7. The van der Waals surface area contributed by atoms with Crippen molar-refractivity contribution >= 4 is 22.9 Å². The summed E-state index contributed by atoms with van der Waals surface area (Å²) in [7, 11) is 0. The Bertz CT molecular complexity index is 966. The molecule has 2 heterocycles. The lowest BCUT2D eigenvalue weighted by atomic mass is 9.88. The van der Waals surface area contributed by atoms with Crippen molar-refractivity contribution in [2.24, 2.45) is 0 Å². The van der Waals surface area contributed by atoms with Gasteiger partial charge in [-0.05, 0) is 30.7 Å². The molecule has 0 bridgehead atoms. The molecule has 2 aromatic carbocycles. The smallest absolute Gasteiger partial charge is 0.225 e.